The van der Waals surface area contributed by atoms with Gasteiger partial charge in [-0.1, -0.05) is 0 Å². The molecule has 38 heavy (non-hydrogen) atoms. The van der Waals surface area contributed by atoms with Gasteiger partial charge in [0, 0.05) is 0 Å². The molecule has 0 bridgehead atoms. The first-order valence-corrected chi connectivity index (χ1v) is 25.5. The molecule has 1 aliphatic carbocycles. The molecule has 1 atom stereocenters. The topological polar surface area (TPSA) is 0 Å². The van der Waals surface area contributed by atoms with Crippen molar-refractivity contribution in [3.63, 3.8) is 0 Å². The van der Waals surface area contributed by atoms with Crippen LogP contribution in [-0.4, -0.2) is 3.81 Å². The Morgan fingerprint density at radius 2 is 1.03 bits per heavy atom. The zero-order valence-electron chi connectivity index (χ0n) is 23.6. The minimum atomic E-state index is -7.42. The summed E-state index contributed by atoms with van der Waals surface area (Å²) in [6, 6.07) is 39.3. The molecule has 0 saturated carbocycles. The number of hydrogen-bond acceptors (Lipinski definition) is 0. The zero-order valence-corrected chi connectivity index (χ0v) is 27.8. The summed E-state index contributed by atoms with van der Waals surface area (Å²) in [6.45, 7) is 4.86. The predicted molar refractivity (Wildman–Crippen MR) is 180 cm³/mol. The second-order valence-corrected chi connectivity index (χ2v) is 60.4. The summed E-state index contributed by atoms with van der Waals surface area (Å²) in [7, 11) is -6.89. The number of rotatable bonds is 5. The number of benzene rings is 3. The van der Waals surface area contributed by atoms with E-state index in [0.717, 1.165) is 6.42 Å². The van der Waals surface area contributed by atoms with Crippen LogP contribution in [0.15, 0.2) is 131 Å². The van der Waals surface area contributed by atoms with Gasteiger partial charge in [-0.25, -0.2) is 0 Å². The smallest absolute Gasteiger partial charge is 0.147 e. The molecule has 1 heterocycles. The summed E-state index contributed by atoms with van der Waals surface area (Å²) in [5, 5.41) is 11.0. The van der Waals surface area contributed by atoms with Gasteiger partial charge in [0.2, 0.25) is 0 Å². The Kier molecular flexibility index (Phi) is 4.65. The van der Waals surface area contributed by atoms with Crippen molar-refractivity contribution in [2.24, 2.45) is 0 Å². The molecule has 0 N–H and O–H groups in total. The van der Waals surface area contributed by atoms with Crippen LogP contribution in [0.5, 0.6) is 0 Å². The molecule has 3 aromatic carbocycles. The molecule has 0 spiro atoms. The van der Waals surface area contributed by atoms with E-state index < -0.39 is 8.43 Å². The third kappa shape index (κ3) is 1.80. The average molecular weight is 602 g/mol. The summed E-state index contributed by atoms with van der Waals surface area (Å²) in [5.74, 6) is 2.38. The minimum absolute atomic E-state index is 0. The molecule has 4 heteroatoms. The first kappa shape index (κ1) is 30.6. The summed E-state index contributed by atoms with van der Waals surface area (Å²) < 4.78 is 8.45. The van der Waals surface area contributed by atoms with E-state index in [-0.39, 0.29) is 24.8 Å². The Hall–Kier alpha value is -1.92. The van der Waals surface area contributed by atoms with Crippen LogP contribution < -0.4 is 15.2 Å². The van der Waals surface area contributed by atoms with E-state index in [4.69, 9.17) is 0 Å². The first-order chi connectivity index (χ1) is 16.6. The molecular formula is C34H44Cl2PTi. The maximum absolute atomic E-state index is 7.42. The first-order valence-electron chi connectivity index (χ1n) is 13.4. The van der Waals surface area contributed by atoms with Crippen LogP contribution in [0, 0.1) is 0 Å². The zero-order chi connectivity index (χ0) is 26.0. The standard InChI is InChI=1S/3C6H5.C5H5.C4H4P.C3H6.4CH3.2ClH.Ti/c3*1-2-4-6-5-3-1;2*1-2-4-5-3-1;1-3-2;;;;;;;/h3*1-5H;1-3H,4H2;1-3,5H;1-2H3;4*1H3;2*1H;. The van der Waals surface area contributed by atoms with Gasteiger partial charge in [-0.3, -0.25) is 0 Å². The van der Waals surface area contributed by atoms with Crippen LogP contribution in [0.4, 0.5) is 0 Å². The molecule has 0 radical (unpaired) electrons. The second-order valence-electron chi connectivity index (χ2n) is 18.4. The SMILES string of the molecule is C[C](C)=[Ti]([CH3])([CH3])([CH3])([CH3])([C]1=CC=CC1)([c]1ccccc1)([c]1ccccc1)([c]1ccccc1)[c]1ccc[pH]1.Cl.Cl. The fraction of sp³-hybridized carbons (Fsp3) is 0.206. The molecule has 0 amide bonds. The molecular weight excluding hydrogens is 558 g/mol. The van der Waals surface area contributed by atoms with Gasteiger partial charge in [-0.15, -0.1) is 24.8 Å². The third-order valence-corrected chi connectivity index (χ3v) is 66.7. The number of halogens is 2. The van der Waals surface area contributed by atoms with Crippen LogP contribution in [0.25, 0.3) is 0 Å². The summed E-state index contributed by atoms with van der Waals surface area (Å²) in [6.07, 6.45) is 7.99. The Balaban J connectivity index is 0.00000200. The van der Waals surface area contributed by atoms with Crippen molar-refractivity contribution in [2.45, 2.75) is 41.2 Å². The fourth-order valence-corrected chi connectivity index (χ4v) is 47.3. The Labute approximate surface area is 231 Å². The largest absolute Gasteiger partial charge is 0.147 e. The predicted octanol–water partition coefficient (Wildman–Crippen LogP) is 8.78. The van der Waals surface area contributed by atoms with Gasteiger partial charge in [0.05, 0.1) is 0 Å². The molecule has 0 nitrogen and oxygen atoms in total. The van der Waals surface area contributed by atoms with E-state index in [0.29, 0.717) is 8.19 Å². The van der Waals surface area contributed by atoms with Gasteiger partial charge in [0.25, 0.3) is 0 Å². The molecule has 1 aromatic heterocycles. The van der Waals surface area contributed by atoms with E-state index >= 15 is 0 Å². The van der Waals surface area contributed by atoms with E-state index in [2.05, 4.69) is 162 Å². The van der Waals surface area contributed by atoms with Gasteiger partial charge in [-0.05, 0) is 0 Å². The van der Waals surface area contributed by atoms with E-state index in [1.54, 1.807) is 0 Å². The minimum Gasteiger partial charge on any atom is -0.147 e. The molecule has 1 unspecified atom stereocenters. The number of allylic oxidation sites excluding steroid dienone is 4. The fourth-order valence-electron chi connectivity index (χ4n) is 10.7. The third-order valence-electron chi connectivity index (χ3n) is 16.4. The molecule has 5 rings (SSSR count). The van der Waals surface area contributed by atoms with Crippen molar-refractivity contribution < 1.29 is 8.43 Å². The summed E-state index contributed by atoms with van der Waals surface area (Å²) in [5.41, 5.74) is 0. The normalized spacial score (nSPS) is 20.4. The Bertz CT molecular complexity index is 1780. The molecule has 0 saturated heterocycles. The van der Waals surface area contributed by atoms with Crippen molar-refractivity contribution in [3.8, 4) is 0 Å². The molecule has 1 aliphatic rings. The summed E-state index contributed by atoms with van der Waals surface area (Å²) >= 11 is 0. The van der Waals surface area contributed by atoms with Gasteiger partial charge >= 0.3 is 208 Å². The quantitative estimate of drug-likeness (QED) is 0.201. The van der Waals surface area contributed by atoms with Crippen LogP contribution in [0.3, 0.4) is 0 Å². The Morgan fingerprint density at radius 1 is 0.605 bits per heavy atom. The van der Waals surface area contributed by atoms with Gasteiger partial charge < -0.3 is 0 Å². The van der Waals surface area contributed by atoms with E-state index in [1.807, 2.05) is 0 Å². The molecule has 4 aromatic rings. The van der Waals surface area contributed by atoms with Crippen LogP contribution >= 0.6 is 33.0 Å². The van der Waals surface area contributed by atoms with Gasteiger partial charge in [0.15, 0.2) is 0 Å². The summed E-state index contributed by atoms with van der Waals surface area (Å²) in [4.78, 5) is 0. The second kappa shape index (κ2) is 5.76. The van der Waals surface area contributed by atoms with Crippen molar-refractivity contribution in [2.75, 3.05) is 0 Å². The van der Waals surface area contributed by atoms with Crippen molar-refractivity contribution in [3.05, 3.63) is 131 Å². The van der Waals surface area contributed by atoms with Crippen molar-refractivity contribution in [1.29, 1.82) is 0 Å². The molecule has 0 aliphatic heterocycles. The van der Waals surface area contributed by atoms with Crippen LogP contribution in [-0.2, 0) is 8.43 Å². The monoisotopic (exact) mass is 601 g/mol. The molecule has 0 fully saturated rings. The Morgan fingerprint density at radius 3 is 1.32 bits per heavy atom. The van der Waals surface area contributed by atoms with E-state index in [9.17, 15) is 0 Å². The van der Waals surface area contributed by atoms with E-state index in [1.165, 1.54) is 22.9 Å². The van der Waals surface area contributed by atoms with Crippen LogP contribution in [0.1, 0.15) is 20.3 Å². The van der Waals surface area contributed by atoms with Crippen LogP contribution in [0.2, 0.25) is 20.9 Å². The van der Waals surface area contributed by atoms with Gasteiger partial charge in [0.1, 0.15) is 0 Å². The van der Waals surface area contributed by atoms with Gasteiger partial charge in [-0.2, -0.15) is 0 Å². The maximum Gasteiger partial charge on any atom is -0.147 e. The number of hydrogen-bond donors (Lipinski definition) is 0. The maximum atomic E-state index is 2.74. The van der Waals surface area contributed by atoms with Crippen molar-refractivity contribution >= 4 is 52.0 Å². The average Bonchev–Trinajstić information content (AvgIpc) is 3.64. The molecule has 203 valence electrons. The van der Waals surface area contributed by atoms with Crippen molar-refractivity contribution in [1.82, 2.24) is 0 Å².